The third-order valence-corrected chi connectivity index (χ3v) is 2.42. The second-order valence-corrected chi connectivity index (χ2v) is 3.03. The van der Waals surface area contributed by atoms with Crippen molar-refractivity contribution in [1.82, 2.24) is 0 Å². The number of ether oxygens (including phenoxy) is 3. The Labute approximate surface area is 69.8 Å². The third kappa shape index (κ3) is 0.915. The minimum absolute atomic E-state index is 0.105. The molecule has 0 aromatic heterocycles. The topological polar surface area (TPSA) is 71.5 Å². The fraction of sp³-hybridized carbons (Fsp3) is 1.00. The van der Waals surface area contributed by atoms with E-state index in [1.54, 1.807) is 0 Å². The molecule has 5 nitrogen and oxygen atoms in total. The Hall–Kier alpha value is -0.200. The lowest BCUT2D eigenvalue weighted by atomic mass is 10.1. The average Bonchev–Trinajstić information content (AvgIpc) is 2.85. The van der Waals surface area contributed by atoms with Gasteiger partial charge in [-0.15, -0.1) is 0 Å². The zero-order valence-electron chi connectivity index (χ0n) is 6.77. The molecule has 4 atom stereocenters. The van der Waals surface area contributed by atoms with Gasteiger partial charge in [0.1, 0.15) is 24.9 Å². The number of hydrogen-bond donors (Lipinski definition) is 2. The predicted molar refractivity (Wildman–Crippen MR) is 37.4 cm³/mol. The molecule has 5 heteroatoms. The summed E-state index contributed by atoms with van der Waals surface area (Å²) in [6.45, 7) is -0.354. The van der Waals surface area contributed by atoms with Crippen molar-refractivity contribution >= 4 is 0 Å². The first kappa shape index (κ1) is 8.40. The van der Waals surface area contributed by atoms with Crippen LogP contribution in [0.1, 0.15) is 0 Å². The summed E-state index contributed by atoms with van der Waals surface area (Å²) >= 11 is 0. The molecule has 2 rings (SSSR count). The molecular formula is C7H12O5. The van der Waals surface area contributed by atoms with Crippen LogP contribution in [-0.2, 0) is 14.2 Å². The molecule has 0 aliphatic carbocycles. The van der Waals surface area contributed by atoms with E-state index < -0.39 is 5.79 Å². The molecule has 2 N–H and O–H groups in total. The van der Waals surface area contributed by atoms with Crippen molar-refractivity contribution in [2.75, 3.05) is 20.3 Å². The Morgan fingerprint density at radius 3 is 2.58 bits per heavy atom. The van der Waals surface area contributed by atoms with Gasteiger partial charge in [0.05, 0.1) is 6.61 Å². The summed E-state index contributed by atoms with van der Waals surface area (Å²) in [5, 5.41) is 17.9. The van der Waals surface area contributed by atoms with Gasteiger partial charge in [-0.1, -0.05) is 0 Å². The molecule has 12 heavy (non-hydrogen) atoms. The van der Waals surface area contributed by atoms with Crippen molar-refractivity contribution in [3.8, 4) is 0 Å². The lowest BCUT2D eigenvalue weighted by molar-refractivity contribution is -0.266. The van der Waals surface area contributed by atoms with Gasteiger partial charge in [0, 0.05) is 7.11 Å². The maximum absolute atomic E-state index is 9.02. The van der Waals surface area contributed by atoms with Gasteiger partial charge in [-0.25, -0.2) is 0 Å². The van der Waals surface area contributed by atoms with Crippen molar-refractivity contribution in [1.29, 1.82) is 0 Å². The van der Waals surface area contributed by atoms with Crippen molar-refractivity contribution < 1.29 is 24.4 Å². The normalized spacial score (nSPS) is 50.8. The summed E-state index contributed by atoms with van der Waals surface area (Å²) in [6, 6.07) is 0. The van der Waals surface area contributed by atoms with Gasteiger partial charge < -0.3 is 24.4 Å². The van der Waals surface area contributed by atoms with E-state index in [2.05, 4.69) is 0 Å². The summed E-state index contributed by atoms with van der Waals surface area (Å²) in [7, 11) is 1.45. The Morgan fingerprint density at radius 2 is 2.25 bits per heavy atom. The molecule has 2 aliphatic heterocycles. The first-order chi connectivity index (χ1) is 5.77. The summed E-state index contributed by atoms with van der Waals surface area (Å²) in [5.74, 6) is -1.04. The van der Waals surface area contributed by atoms with Gasteiger partial charge in [-0.3, -0.25) is 0 Å². The van der Waals surface area contributed by atoms with E-state index in [-0.39, 0.29) is 31.5 Å². The molecular weight excluding hydrogens is 164 g/mol. The van der Waals surface area contributed by atoms with Gasteiger partial charge in [0.15, 0.2) is 0 Å². The number of methoxy groups -OCH3 is 1. The SMILES string of the molecule is CO[C@]1(CO)O[C@H](CO)[C@@H]2O[C@@H]21. The van der Waals surface area contributed by atoms with Crippen LogP contribution in [0.5, 0.6) is 0 Å². The number of epoxide rings is 1. The van der Waals surface area contributed by atoms with E-state index >= 15 is 0 Å². The molecule has 2 aliphatic rings. The van der Waals surface area contributed by atoms with E-state index in [4.69, 9.17) is 24.4 Å². The van der Waals surface area contributed by atoms with E-state index in [0.717, 1.165) is 0 Å². The minimum atomic E-state index is -1.04. The van der Waals surface area contributed by atoms with Crippen molar-refractivity contribution in [2.45, 2.75) is 24.1 Å². The standard InChI is InChI=1S/C7H12O5/c1-10-7(3-9)6-5(11-6)4(2-8)12-7/h4-6,8-9H,2-3H2,1H3/t4-,5+,6+,7-/m1/s1. The molecule has 0 radical (unpaired) electrons. The largest absolute Gasteiger partial charge is 0.394 e. The average molecular weight is 176 g/mol. The highest BCUT2D eigenvalue weighted by atomic mass is 16.8. The van der Waals surface area contributed by atoms with Crippen LogP contribution in [-0.4, -0.2) is 54.6 Å². The Morgan fingerprint density at radius 1 is 1.50 bits per heavy atom. The molecule has 0 unspecified atom stereocenters. The van der Waals surface area contributed by atoms with Gasteiger partial charge in [0.25, 0.3) is 0 Å². The zero-order valence-corrected chi connectivity index (χ0v) is 6.77. The third-order valence-electron chi connectivity index (χ3n) is 2.42. The summed E-state index contributed by atoms with van der Waals surface area (Å²) < 4.78 is 15.5. The molecule has 2 heterocycles. The smallest absolute Gasteiger partial charge is 0.221 e. The zero-order chi connectivity index (χ0) is 8.77. The molecule has 0 bridgehead atoms. The second-order valence-electron chi connectivity index (χ2n) is 3.03. The number of rotatable bonds is 3. The quantitative estimate of drug-likeness (QED) is 0.511. The summed E-state index contributed by atoms with van der Waals surface area (Å²) in [5.41, 5.74) is 0. The van der Waals surface area contributed by atoms with E-state index in [0.29, 0.717) is 0 Å². The fourth-order valence-corrected chi connectivity index (χ4v) is 1.65. The van der Waals surface area contributed by atoms with Crippen LogP contribution in [0.3, 0.4) is 0 Å². The highest BCUT2D eigenvalue weighted by Crippen LogP contribution is 2.46. The van der Waals surface area contributed by atoms with Gasteiger partial charge in [-0.2, -0.15) is 0 Å². The van der Waals surface area contributed by atoms with Gasteiger partial charge in [-0.05, 0) is 0 Å². The molecule has 2 saturated heterocycles. The first-order valence-electron chi connectivity index (χ1n) is 3.87. The molecule has 0 spiro atoms. The number of aliphatic hydroxyl groups excluding tert-OH is 2. The lowest BCUT2D eigenvalue weighted by Gasteiger charge is -2.27. The number of aliphatic hydroxyl groups is 2. The predicted octanol–water partition coefficient (Wildman–Crippen LogP) is -1.52. The van der Waals surface area contributed by atoms with E-state index in [1.807, 2.05) is 0 Å². The van der Waals surface area contributed by atoms with Crippen LogP contribution < -0.4 is 0 Å². The molecule has 2 fully saturated rings. The summed E-state index contributed by atoms with van der Waals surface area (Å²) in [6.07, 6.45) is -0.686. The minimum Gasteiger partial charge on any atom is -0.394 e. The molecule has 0 saturated carbocycles. The summed E-state index contributed by atoms with van der Waals surface area (Å²) in [4.78, 5) is 0. The second kappa shape index (κ2) is 2.65. The van der Waals surface area contributed by atoms with Crippen LogP contribution >= 0.6 is 0 Å². The fourth-order valence-electron chi connectivity index (χ4n) is 1.65. The highest BCUT2D eigenvalue weighted by molar-refractivity contribution is 5.07. The van der Waals surface area contributed by atoms with Gasteiger partial charge in [0.2, 0.25) is 5.79 Å². The molecule has 0 aromatic rings. The first-order valence-corrected chi connectivity index (χ1v) is 3.87. The van der Waals surface area contributed by atoms with Crippen LogP contribution in [0, 0.1) is 0 Å². The lowest BCUT2D eigenvalue weighted by Crippen LogP contribution is -2.43. The highest BCUT2D eigenvalue weighted by Gasteiger charge is 2.67. The van der Waals surface area contributed by atoms with Gasteiger partial charge >= 0.3 is 0 Å². The molecule has 0 amide bonds. The van der Waals surface area contributed by atoms with Crippen LogP contribution in [0.4, 0.5) is 0 Å². The van der Waals surface area contributed by atoms with Crippen LogP contribution in [0.2, 0.25) is 0 Å². The number of hydrogen-bond acceptors (Lipinski definition) is 5. The molecule has 0 aromatic carbocycles. The monoisotopic (exact) mass is 176 g/mol. The maximum atomic E-state index is 9.02. The van der Waals surface area contributed by atoms with E-state index in [9.17, 15) is 0 Å². The van der Waals surface area contributed by atoms with Crippen molar-refractivity contribution in [3.05, 3.63) is 0 Å². The Balaban J connectivity index is 2.10. The van der Waals surface area contributed by atoms with Crippen LogP contribution in [0.25, 0.3) is 0 Å². The van der Waals surface area contributed by atoms with Crippen molar-refractivity contribution in [2.24, 2.45) is 0 Å². The number of fused-ring (bicyclic) bond motifs is 1. The Bertz CT molecular complexity index is 179. The van der Waals surface area contributed by atoms with Crippen LogP contribution in [0.15, 0.2) is 0 Å². The Kier molecular flexibility index (Phi) is 1.85. The molecule has 70 valence electrons. The maximum Gasteiger partial charge on any atom is 0.221 e. The van der Waals surface area contributed by atoms with Crippen molar-refractivity contribution in [3.63, 3.8) is 0 Å². The van der Waals surface area contributed by atoms with E-state index in [1.165, 1.54) is 7.11 Å².